The number of aromatic nitrogens is 2. The van der Waals surface area contributed by atoms with E-state index in [1.54, 1.807) is 12.3 Å². The van der Waals surface area contributed by atoms with Gasteiger partial charge in [0.1, 0.15) is 5.58 Å². The van der Waals surface area contributed by atoms with E-state index >= 15 is 0 Å². The Bertz CT molecular complexity index is 1300. The molecule has 0 spiro atoms. The SMILES string of the molecule is O=c1oc2cc(N3CC4CCC3CN4)ccc2cc1-c1cn2cccc(Cl)c2n1. The normalized spacial score (nSPS) is 21.3. The smallest absolute Gasteiger partial charge is 0.345 e. The number of benzene rings is 1. The summed E-state index contributed by atoms with van der Waals surface area (Å²) in [6.45, 7) is 2.02. The molecule has 146 valence electrons. The largest absolute Gasteiger partial charge is 0.422 e. The van der Waals surface area contributed by atoms with Gasteiger partial charge in [0.25, 0.3) is 0 Å². The number of nitrogens with zero attached hydrogens (tertiary/aromatic N) is 3. The average molecular weight is 407 g/mol. The minimum Gasteiger partial charge on any atom is -0.422 e. The second-order valence-electron chi connectivity index (χ2n) is 7.87. The van der Waals surface area contributed by atoms with Crippen LogP contribution in [0.5, 0.6) is 0 Å². The second kappa shape index (κ2) is 6.34. The van der Waals surface area contributed by atoms with Gasteiger partial charge in [-0.15, -0.1) is 0 Å². The maximum atomic E-state index is 12.7. The Morgan fingerprint density at radius 1 is 1.21 bits per heavy atom. The summed E-state index contributed by atoms with van der Waals surface area (Å²) in [5.41, 5.74) is 2.93. The molecule has 2 unspecified atom stereocenters. The predicted molar refractivity (Wildman–Crippen MR) is 114 cm³/mol. The van der Waals surface area contributed by atoms with E-state index in [4.69, 9.17) is 16.0 Å². The highest BCUT2D eigenvalue weighted by Crippen LogP contribution is 2.31. The van der Waals surface area contributed by atoms with Crippen LogP contribution in [0.1, 0.15) is 12.8 Å². The van der Waals surface area contributed by atoms with Crippen LogP contribution < -0.4 is 15.8 Å². The summed E-state index contributed by atoms with van der Waals surface area (Å²) in [6, 6.07) is 12.7. The van der Waals surface area contributed by atoms with Crippen LogP contribution in [0.2, 0.25) is 5.02 Å². The third-order valence-electron chi connectivity index (χ3n) is 6.11. The molecule has 3 aliphatic heterocycles. The number of anilines is 1. The van der Waals surface area contributed by atoms with Gasteiger partial charge < -0.3 is 19.0 Å². The van der Waals surface area contributed by atoms with Gasteiger partial charge in [0.05, 0.1) is 16.3 Å². The van der Waals surface area contributed by atoms with Gasteiger partial charge in [-0.05, 0) is 43.2 Å². The number of piperidine rings is 2. The summed E-state index contributed by atoms with van der Waals surface area (Å²) in [7, 11) is 0. The van der Waals surface area contributed by atoms with Crippen molar-refractivity contribution in [2.24, 2.45) is 0 Å². The van der Waals surface area contributed by atoms with Crippen LogP contribution in [-0.4, -0.2) is 34.6 Å². The third kappa shape index (κ3) is 2.74. The summed E-state index contributed by atoms with van der Waals surface area (Å²) < 4.78 is 7.51. The molecule has 29 heavy (non-hydrogen) atoms. The maximum Gasteiger partial charge on any atom is 0.345 e. The highest BCUT2D eigenvalue weighted by Gasteiger charge is 2.33. The number of piperazine rings is 1. The van der Waals surface area contributed by atoms with Crippen LogP contribution in [0.25, 0.3) is 27.9 Å². The first-order chi connectivity index (χ1) is 14.2. The second-order valence-corrected chi connectivity index (χ2v) is 8.28. The molecule has 4 aromatic rings. The van der Waals surface area contributed by atoms with E-state index in [2.05, 4.69) is 21.3 Å². The molecule has 0 saturated carbocycles. The molecule has 3 saturated heterocycles. The first-order valence-corrected chi connectivity index (χ1v) is 10.2. The fraction of sp³-hybridized carbons (Fsp3) is 0.273. The monoisotopic (exact) mass is 406 g/mol. The Hall–Kier alpha value is -2.83. The van der Waals surface area contributed by atoms with Gasteiger partial charge in [-0.1, -0.05) is 11.6 Å². The van der Waals surface area contributed by atoms with Crippen LogP contribution in [0, 0.1) is 0 Å². The van der Waals surface area contributed by atoms with Gasteiger partial charge >= 0.3 is 5.63 Å². The summed E-state index contributed by atoms with van der Waals surface area (Å²) in [5, 5.41) is 4.99. The van der Waals surface area contributed by atoms with Crippen molar-refractivity contribution in [3.05, 3.63) is 64.2 Å². The number of nitrogens with one attached hydrogen (secondary N) is 1. The maximum absolute atomic E-state index is 12.7. The number of fused-ring (bicyclic) bond motifs is 5. The van der Waals surface area contributed by atoms with Crippen molar-refractivity contribution in [1.82, 2.24) is 14.7 Å². The lowest BCUT2D eigenvalue weighted by atomic mass is 9.92. The molecule has 6 nitrogen and oxygen atoms in total. The Balaban J connectivity index is 1.42. The zero-order valence-corrected chi connectivity index (χ0v) is 16.4. The molecule has 3 fully saturated rings. The van der Waals surface area contributed by atoms with Crippen LogP contribution in [-0.2, 0) is 0 Å². The Labute approximate surface area is 171 Å². The fourth-order valence-corrected chi connectivity index (χ4v) is 4.80. The minimum absolute atomic E-state index is 0.393. The molecule has 3 aliphatic rings. The van der Waals surface area contributed by atoms with E-state index in [1.807, 2.05) is 34.9 Å². The first kappa shape index (κ1) is 17.1. The molecular formula is C22H19ClN4O2. The lowest BCUT2D eigenvalue weighted by Gasteiger charge is -2.47. The van der Waals surface area contributed by atoms with Gasteiger partial charge in [0, 0.05) is 54.7 Å². The highest BCUT2D eigenvalue weighted by molar-refractivity contribution is 6.33. The van der Waals surface area contributed by atoms with E-state index in [0.29, 0.717) is 39.6 Å². The van der Waals surface area contributed by atoms with Gasteiger partial charge in [0.15, 0.2) is 5.65 Å². The van der Waals surface area contributed by atoms with Gasteiger partial charge in [-0.2, -0.15) is 0 Å². The summed E-state index contributed by atoms with van der Waals surface area (Å²) in [4.78, 5) is 19.7. The molecule has 6 heterocycles. The lowest BCUT2D eigenvalue weighted by Crippen LogP contribution is -2.61. The lowest BCUT2D eigenvalue weighted by molar-refractivity contribution is 0.290. The molecule has 1 aromatic carbocycles. The molecule has 0 radical (unpaired) electrons. The third-order valence-corrected chi connectivity index (χ3v) is 6.41. The van der Waals surface area contributed by atoms with E-state index in [1.165, 1.54) is 12.8 Å². The number of imidazole rings is 1. The van der Waals surface area contributed by atoms with Crippen LogP contribution in [0.15, 0.2) is 58.0 Å². The van der Waals surface area contributed by atoms with E-state index in [9.17, 15) is 4.79 Å². The van der Waals surface area contributed by atoms with Crippen molar-refractivity contribution in [2.75, 3.05) is 18.0 Å². The van der Waals surface area contributed by atoms with Crippen molar-refractivity contribution in [3.63, 3.8) is 0 Å². The fourth-order valence-electron chi connectivity index (χ4n) is 4.59. The quantitative estimate of drug-likeness (QED) is 0.514. The average Bonchev–Trinajstić information content (AvgIpc) is 3.19. The minimum atomic E-state index is -0.393. The summed E-state index contributed by atoms with van der Waals surface area (Å²) in [6.07, 6.45) is 6.09. The molecule has 1 N–H and O–H groups in total. The molecule has 2 bridgehead atoms. The van der Waals surface area contributed by atoms with Crippen molar-refractivity contribution in [3.8, 4) is 11.3 Å². The van der Waals surface area contributed by atoms with Crippen LogP contribution in [0.3, 0.4) is 0 Å². The van der Waals surface area contributed by atoms with Crippen molar-refractivity contribution in [2.45, 2.75) is 24.9 Å². The Kier molecular flexibility index (Phi) is 3.73. The number of rotatable bonds is 2. The van der Waals surface area contributed by atoms with Gasteiger partial charge in [0.2, 0.25) is 0 Å². The summed E-state index contributed by atoms with van der Waals surface area (Å²) >= 11 is 6.22. The predicted octanol–water partition coefficient (Wildman–Crippen LogP) is 3.70. The molecule has 0 aliphatic carbocycles. The number of halogens is 1. The van der Waals surface area contributed by atoms with Crippen LogP contribution >= 0.6 is 11.6 Å². The van der Waals surface area contributed by atoms with E-state index < -0.39 is 5.63 Å². The van der Waals surface area contributed by atoms with Gasteiger partial charge in [-0.25, -0.2) is 9.78 Å². The van der Waals surface area contributed by atoms with Crippen molar-refractivity contribution >= 4 is 33.9 Å². The van der Waals surface area contributed by atoms with Crippen molar-refractivity contribution < 1.29 is 4.42 Å². The molecular weight excluding hydrogens is 388 g/mol. The Morgan fingerprint density at radius 3 is 2.90 bits per heavy atom. The Morgan fingerprint density at radius 2 is 2.14 bits per heavy atom. The molecule has 0 amide bonds. The first-order valence-electron chi connectivity index (χ1n) is 9.87. The topological polar surface area (TPSA) is 62.8 Å². The molecule has 3 aromatic heterocycles. The van der Waals surface area contributed by atoms with Gasteiger partial charge in [-0.3, -0.25) is 0 Å². The zero-order chi connectivity index (χ0) is 19.5. The molecule has 2 atom stereocenters. The van der Waals surface area contributed by atoms with Crippen LogP contribution in [0.4, 0.5) is 5.69 Å². The highest BCUT2D eigenvalue weighted by atomic mass is 35.5. The number of pyridine rings is 1. The van der Waals surface area contributed by atoms with E-state index in [-0.39, 0.29) is 0 Å². The standard InChI is InChI=1S/C22H19ClN4O2/c23-18-2-1-7-26-12-19(25-21(18)26)17-8-13-3-5-15(9-20(13)29-22(17)28)27-11-14-4-6-16(27)10-24-14/h1-3,5,7-9,12,14,16,24H,4,6,10-11H2. The number of hydrogen-bond donors (Lipinski definition) is 1. The number of hydrogen-bond acceptors (Lipinski definition) is 5. The van der Waals surface area contributed by atoms with E-state index in [0.717, 1.165) is 24.2 Å². The summed E-state index contributed by atoms with van der Waals surface area (Å²) in [5.74, 6) is 0. The van der Waals surface area contributed by atoms with Crippen molar-refractivity contribution in [1.29, 1.82) is 0 Å². The molecule has 7 heteroatoms. The zero-order valence-electron chi connectivity index (χ0n) is 15.6. The molecule has 7 rings (SSSR count).